The van der Waals surface area contributed by atoms with Gasteiger partial charge in [0.25, 0.3) is 5.91 Å². The summed E-state index contributed by atoms with van der Waals surface area (Å²) in [5.41, 5.74) is 1.32. The maximum Gasteiger partial charge on any atom is 0.257 e. The van der Waals surface area contributed by atoms with Gasteiger partial charge in [-0.15, -0.1) is 0 Å². The average Bonchev–Trinajstić information content (AvgIpc) is 2.41. The molecule has 1 aromatic carbocycles. The lowest BCUT2D eigenvalue weighted by Crippen LogP contribution is -2.45. The maximum absolute atomic E-state index is 12.6. The predicted octanol–water partition coefficient (Wildman–Crippen LogP) is 2.47. The number of rotatable bonds is 3. The first kappa shape index (κ1) is 14.9. The van der Waals surface area contributed by atoms with Crippen LogP contribution in [0.3, 0.4) is 0 Å². The zero-order valence-corrected chi connectivity index (χ0v) is 12.2. The second kappa shape index (κ2) is 6.27. The summed E-state index contributed by atoms with van der Waals surface area (Å²) in [6.45, 7) is 4.35. The summed E-state index contributed by atoms with van der Waals surface area (Å²) >= 11 is 0. The van der Waals surface area contributed by atoms with E-state index in [1.54, 1.807) is 25.1 Å². The molecule has 1 saturated heterocycles. The highest BCUT2D eigenvalue weighted by atomic mass is 16.3. The summed E-state index contributed by atoms with van der Waals surface area (Å²) in [6.07, 6.45) is 3.16. The summed E-state index contributed by atoms with van der Waals surface area (Å²) in [5.74, 6) is -0.0986. The van der Waals surface area contributed by atoms with Gasteiger partial charge in [-0.1, -0.05) is 11.6 Å². The molecule has 1 aromatic rings. The van der Waals surface area contributed by atoms with Gasteiger partial charge in [0.15, 0.2) is 0 Å². The molecule has 2 atom stereocenters. The molecule has 1 heterocycles. The molecule has 1 aliphatic rings. The third kappa shape index (κ3) is 3.31. The van der Waals surface area contributed by atoms with Crippen LogP contribution in [0.2, 0.25) is 0 Å². The van der Waals surface area contributed by atoms with Crippen molar-refractivity contribution in [2.45, 2.75) is 51.7 Å². The highest BCUT2D eigenvalue weighted by molar-refractivity contribution is 5.97. The molecule has 0 bridgehead atoms. The van der Waals surface area contributed by atoms with Crippen molar-refractivity contribution in [2.75, 3.05) is 6.54 Å². The first-order valence-electron chi connectivity index (χ1n) is 7.27. The van der Waals surface area contributed by atoms with Gasteiger partial charge in [0.05, 0.1) is 11.7 Å². The van der Waals surface area contributed by atoms with Crippen LogP contribution in [0.1, 0.15) is 48.5 Å². The number of carbonyl (C=O) groups excluding carboxylic acids is 1. The van der Waals surface area contributed by atoms with E-state index in [4.69, 9.17) is 0 Å². The van der Waals surface area contributed by atoms with E-state index in [2.05, 4.69) is 0 Å². The van der Waals surface area contributed by atoms with E-state index in [1.165, 1.54) is 0 Å². The second-order valence-electron chi connectivity index (χ2n) is 5.75. The Balaban J connectivity index is 2.23. The molecule has 0 aromatic heterocycles. The van der Waals surface area contributed by atoms with Gasteiger partial charge in [-0.2, -0.15) is 0 Å². The fourth-order valence-electron chi connectivity index (χ4n) is 2.88. The molecule has 2 rings (SSSR count). The fourth-order valence-corrected chi connectivity index (χ4v) is 2.88. The molecule has 0 saturated carbocycles. The molecule has 0 spiro atoms. The lowest BCUT2D eigenvalue weighted by Gasteiger charge is -2.36. The third-order valence-corrected chi connectivity index (χ3v) is 3.88. The maximum atomic E-state index is 12.6. The van der Waals surface area contributed by atoms with Crippen LogP contribution in [0.15, 0.2) is 18.2 Å². The van der Waals surface area contributed by atoms with Crippen LogP contribution in [-0.4, -0.2) is 39.7 Å². The molecular weight excluding hydrogens is 254 g/mol. The lowest BCUT2D eigenvalue weighted by molar-refractivity contribution is 0.0512. The number of benzene rings is 1. The van der Waals surface area contributed by atoms with Crippen molar-refractivity contribution in [3.8, 4) is 5.75 Å². The molecule has 20 heavy (non-hydrogen) atoms. The number of aliphatic hydroxyl groups is 1. The molecule has 2 N–H and O–H groups in total. The highest BCUT2D eigenvalue weighted by Gasteiger charge is 2.29. The summed E-state index contributed by atoms with van der Waals surface area (Å²) in [4.78, 5) is 14.5. The normalized spacial score (nSPS) is 20.8. The monoisotopic (exact) mass is 277 g/mol. The number of phenolic OH excluding ortho intramolecular Hbond substituents is 1. The third-order valence-electron chi connectivity index (χ3n) is 3.88. The molecule has 1 fully saturated rings. The zero-order chi connectivity index (χ0) is 14.7. The van der Waals surface area contributed by atoms with Crippen LogP contribution in [0.4, 0.5) is 0 Å². The smallest absolute Gasteiger partial charge is 0.257 e. The van der Waals surface area contributed by atoms with E-state index in [1.807, 2.05) is 11.8 Å². The van der Waals surface area contributed by atoms with Gasteiger partial charge in [-0.3, -0.25) is 4.79 Å². The number of hydrogen-bond acceptors (Lipinski definition) is 3. The topological polar surface area (TPSA) is 60.8 Å². The van der Waals surface area contributed by atoms with Crippen LogP contribution < -0.4 is 0 Å². The van der Waals surface area contributed by atoms with Crippen molar-refractivity contribution >= 4 is 5.91 Å². The Kier molecular flexibility index (Phi) is 4.65. The number of aryl methyl sites for hydroxylation is 1. The first-order valence-corrected chi connectivity index (χ1v) is 7.27. The molecular formula is C16H23NO3. The Morgan fingerprint density at radius 2 is 2.20 bits per heavy atom. The molecule has 1 aliphatic heterocycles. The Hall–Kier alpha value is -1.55. The predicted molar refractivity (Wildman–Crippen MR) is 77.8 cm³/mol. The largest absolute Gasteiger partial charge is 0.507 e. The number of likely N-dealkylation sites (tertiary alicyclic amines) is 1. The first-order chi connectivity index (χ1) is 9.49. The van der Waals surface area contributed by atoms with Gasteiger partial charge >= 0.3 is 0 Å². The molecule has 1 amide bonds. The zero-order valence-electron chi connectivity index (χ0n) is 12.2. The molecule has 2 unspecified atom stereocenters. The van der Waals surface area contributed by atoms with E-state index in [9.17, 15) is 15.0 Å². The number of amides is 1. The van der Waals surface area contributed by atoms with Gasteiger partial charge in [0, 0.05) is 12.6 Å². The van der Waals surface area contributed by atoms with E-state index in [-0.39, 0.29) is 17.7 Å². The average molecular weight is 277 g/mol. The number of carbonyl (C=O) groups is 1. The van der Waals surface area contributed by atoms with E-state index in [0.29, 0.717) is 18.5 Å². The minimum Gasteiger partial charge on any atom is -0.507 e. The summed E-state index contributed by atoms with van der Waals surface area (Å²) in [7, 11) is 0. The summed E-state index contributed by atoms with van der Waals surface area (Å²) in [6, 6.07) is 5.15. The van der Waals surface area contributed by atoms with Crippen LogP contribution in [-0.2, 0) is 0 Å². The minimum atomic E-state index is -0.417. The Morgan fingerprint density at radius 1 is 1.45 bits per heavy atom. The summed E-state index contributed by atoms with van der Waals surface area (Å²) < 4.78 is 0. The fraction of sp³-hybridized carbons (Fsp3) is 0.562. The number of piperidine rings is 1. The van der Waals surface area contributed by atoms with Gasteiger partial charge in [-0.25, -0.2) is 0 Å². The quantitative estimate of drug-likeness (QED) is 0.892. The van der Waals surface area contributed by atoms with Gasteiger partial charge < -0.3 is 15.1 Å². The van der Waals surface area contributed by atoms with Crippen molar-refractivity contribution in [3.63, 3.8) is 0 Å². The number of aliphatic hydroxyl groups excluding tert-OH is 1. The Labute approximate surface area is 120 Å². The Bertz CT molecular complexity index is 485. The van der Waals surface area contributed by atoms with Crippen molar-refractivity contribution in [1.82, 2.24) is 4.90 Å². The van der Waals surface area contributed by atoms with Crippen molar-refractivity contribution in [3.05, 3.63) is 29.3 Å². The van der Waals surface area contributed by atoms with Gasteiger partial charge in [0.2, 0.25) is 0 Å². The van der Waals surface area contributed by atoms with Gasteiger partial charge in [0.1, 0.15) is 5.75 Å². The van der Waals surface area contributed by atoms with Crippen molar-refractivity contribution < 1.29 is 15.0 Å². The van der Waals surface area contributed by atoms with Crippen LogP contribution >= 0.6 is 0 Å². The molecule has 4 nitrogen and oxygen atoms in total. The number of nitrogens with zero attached hydrogens (tertiary/aromatic N) is 1. The van der Waals surface area contributed by atoms with Crippen LogP contribution in [0, 0.1) is 6.92 Å². The van der Waals surface area contributed by atoms with Crippen LogP contribution in [0.25, 0.3) is 0 Å². The van der Waals surface area contributed by atoms with Crippen LogP contribution in [0.5, 0.6) is 5.75 Å². The lowest BCUT2D eigenvalue weighted by atomic mass is 9.96. The Morgan fingerprint density at radius 3 is 2.90 bits per heavy atom. The molecule has 4 heteroatoms. The summed E-state index contributed by atoms with van der Waals surface area (Å²) in [5, 5.41) is 19.5. The van der Waals surface area contributed by atoms with Gasteiger partial charge in [-0.05, 0) is 51.7 Å². The molecule has 0 aliphatic carbocycles. The molecule has 0 radical (unpaired) electrons. The van der Waals surface area contributed by atoms with Crippen molar-refractivity contribution in [1.29, 1.82) is 0 Å². The minimum absolute atomic E-state index is 0.0296. The number of phenols is 1. The van der Waals surface area contributed by atoms with E-state index >= 15 is 0 Å². The van der Waals surface area contributed by atoms with E-state index in [0.717, 1.165) is 24.8 Å². The molecule has 110 valence electrons. The SMILES string of the molecule is Cc1ccc(O)c(C(=O)N2CCCCC2CC(C)O)c1. The number of aromatic hydroxyl groups is 1. The highest BCUT2D eigenvalue weighted by Crippen LogP contribution is 2.26. The second-order valence-corrected chi connectivity index (χ2v) is 5.75. The van der Waals surface area contributed by atoms with Crippen molar-refractivity contribution in [2.24, 2.45) is 0 Å². The van der Waals surface area contributed by atoms with E-state index < -0.39 is 6.10 Å². The standard InChI is InChI=1S/C16H23NO3/c1-11-6-7-15(19)14(9-11)16(20)17-8-4-3-5-13(17)10-12(2)18/h6-7,9,12-13,18-19H,3-5,8,10H2,1-2H3. The number of hydrogen-bond donors (Lipinski definition) is 2.